The van der Waals surface area contributed by atoms with Gasteiger partial charge >= 0.3 is 18.2 Å². The Morgan fingerprint density at radius 3 is 2.54 bits per heavy atom. The summed E-state index contributed by atoms with van der Waals surface area (Å²) in [5.41, 5.74) is -0.394. The Morgan fingerprint density at radius 2 is 1.85 bits per heavy atom. The molecular weight excluding hydrogens is 541 g/mol. The molecule has 0 aromatic heterocycles. The van der Waals surface area contributed by atoms with Crippen molar-refractivity contribution in [3.8, 4) is 5.75 Å². The normalized spacial score (nSPS) is 17.1. The third kappa shape index (κ3) is 6.14. The monoisotopic (exact) mass is 566 g/mol. The van der Waals surface area contributed by atoms with E-state index >= 15 is 0 Å². The molecule has 0 saturated carbocycles. The summed E-state index contributed by atoms with van der Waals surface area (Å²) in [6.45, 7) is 3.86. The van der Waals surface area contributed by atoms with Crippen molar-refractivity contribution >= 4 is 35.3 Å². The number of rotatable bonds is 5. The maximum Gasteiger partial charge on any atom is 0.417 e. The minimum atomic E-state index is -4.71. The molecule has 2 aromatic carbocycles. The fourth-order valence-electron chi connectivity index (χ4n) is 4.26. The second-order valence-electron chi connectivity index (χ2n) is 8.67. The Labute approximate surface area is 226 Å². The molecule has 1 atom stereocenters. The molecule has 1 saturated heterocycles. The average molecular weight is 567 g/mol. The molecule has 0 bridgehead atoms. The first kappa shape index (κ1) is 28.3. The van der Waals surface area contributed by atoms with Crippen LogP contribution in [0.5, 0.6) is 5.75 Å². The summed E-state index contributed by atoms with van der Waals surface area (Å²) >= 11 is 0.931. The summed E-state index contributed by atoms with van der Waals surface area (Å²) in [6.07, 6.45) is -4.83. The van der Waals surface area contributed by atoms with Gasteiger partial charge in [-0.25, -0.2) is 9.59 Å². The van der Waals surface area contributed by atoms with Crippen LogP contribution in [-0.2, 0) is 36.5 Å². The minimum Gasteiger partial charge on any atom is -0.467 e. The molecule has 1 unspecified atom stereocenters. The number of fused-ring (bicyclic) bond motifs is 1. The predicted octanol–water partition coefficient (Wildman–Crippen LogP) is 4.19. The van der Waals surface area contributed by atoms with Crippen molar-refractivity contribution in [2.45, 2.75) is 28.4 Å². The van der Waals surface area contributed by atoms with Crippen molar-refractivity contribution in [2.24, 2.45) is 0 Å². The quantitative estimate of drug-likeness (QED) is 0.302. The van der Waals surface area contributed by atoms with Crippen LogP contribution in [0, 0.1) is 0 Å². The van der Waals surface area contributed by atoms with E-state index in [0.717, 1.165) is 35.4 Å². The van der Waals surface area contributed by atoms with Crippen LogP contribution in [0.2, 0.25) is 0 Å². The number of benzene rings is 2. The van der Waals surface area contributed by atoms with E-state index in [1.54, 1.807) is 18.2 Å². The van der Waals surface area contributed by atoms with Gasteiger partial charge in [-0.05, 0) is 35.9 Å². The lowest BCUT2D eigenvalue weighted by molar-refractivity contribution is -0.215. The summed E-state index contributed by atoms with van der Waals surface area (Å²) in [4.78, 5) is 50.6. The first-order chi connectivity index (χ1) is 18.5. The Morgan fingerprint density at radius 1 is 1.08 bits per heavy atom. The largest absolute Gasteiger partial charge is 0.467 e. The molecule has 0 radical (unpaired) electrons. The van der Waals surface area contributed by atoms with Crippen molar-refractivity contribution in [2.75, 3.05) is 40.5 Å². The van der Waals surface area contributed by atoms with Gasteiger partial charge in [-0.3, -0.25) is 4.79 Å². The lowest BCUT2D eigenvalue weighted by atomic mass is 10.0. The van der Waals surface area contributed by atoms with Crippen molar-refractivity contribution in [3.63, 3.8) is 0 Å². The van der Waals surface area contributed by atoms with E-state index in [0.29, 0.717) is 23.7 Å². The van der Waals surface area contributed by atoms with E-state index in [1.807, 2.05) is 0 Å². The van der Waals surface area contributed by atoms with Crippen LogP contribution < -0.4 is 4.89 Å². The maximum atomic E-state index is 14.1. The number of carbonyl (C=O) groups is 3. The highest BCUT2D eigenvalue weighted by Crippen LogP contribution is 2.42. The zero-order valence-corrected chi connectivity index (χ0v) is 21.9. The molecule has 208 valence electrons. The van der Waals surface area contributed by atoms with Crippen LogP contribution in [-0.4, -0.2) is 74.3 Å². The molecule has 2 aliphatic rings. The zero-order chi connectivity index (χ0) is 28.3. The molecule has 0 aliphatic carbocycles. The van der Waals surface area contributed by atoms with Crippen LogP contribution in [0.1, 0.15) is 16.7 Å². The summed E-state index contributed by atoms with van der Waals surface area (Å²) < 4.78 is 51.8. The number of halogens is 3. The highest BCUT2D eigenvalue weighted by molar-refractivity contribution is 7.99. The molecule has 2 amide bonds. The second-order valence-corrected chi connectivity index (χ2v) is 9.78. The van der Waals surface area contributed by atoms with Crippen molar-refractivity contribution in [1.29, 1.82) is 0 Å². The number of hydrogen-bond donors (Lipinski definition) is 0. The molecule has 0 N–H and O–H groups in total. The number of piperazine rings is 1. The Hall–Kier alpha value is -3.71. The van der Waals surface area contributed by atoms with Gasteiger partial charge in [0.25, 0.3) is 5.91 Å². The number of amides is 2. The zero-order valence-electron chi connectivity index (χ0n) is 21.1. The van der Waals surface area contributed by atoms with Crippen molar-refractivity contribution in [3.05, 3.63) is 59.7 Å². The Kier molecular flexibility index (Phi) is 8.40. The van der Waals surface area contributed by atoms with Gasteiger partial charge in [-0.1, -0.05) is 24.4 Å². The fourth-order valence-corrected chi connectivity index (χ4v) is 5.28. The molecular formula is C26H25F3N2O7S. The molecule has 39 heavy (non-hydrogen) atoms. The predicted molar refractivity (Wildman–Crippen MR) is 133 cm³/mol. The number of hydrogen-bond acceptors (Lipinski definition) is 8. The maximum absolute atomic E-state index is 14.1. The number of carbonyl (C=O) groups excluding carboxylic acids is 3. The van der Waals surface area contributed by atoms with E-state index < -0.39 is 35.8 Å². The van der Waals surface area contributed by atoms with E-state index in [2.05, 4.69) is 11.3 Å². The van der Waals surface area contributed by atoms with E-state index in [1.165, 1.54) is 24.1 Å². The molecule has 0 spiro atoms. The number of nitrogens with zero attached hydrogens (tertiary/aromatic N) is 2. The summed E-state index contributed by atoms with van der Waals surface area (Å²) in [5, 5.41) is 0. The van der Waals surface area contributed by atoms with Crippen LogP contribution in [0.15, 0.2) is 52.8 Å². The SMILES string of the molecule is C=C(C(=O)N1CCN(C(=O)OC)CC1C(=O)OC)c1ccc(Sc2ccc3c(c2)CCOO3)c(C(F)(F)F)c1. The van der Waals surface area contributed by atoms with Gasteiger partial charge in [-0.2, -0.15) is 18.1 Å². The standard InChI is InChI=1S/C26H25F3N2O7S/c1-15(23(32)31-10-9-30(25(34)36-3)14-20(31)24(33)35-2)16-4-7-22(19(13-16)26(27,28)29)39-18-5-6-21-17(12-18)8-11-37-38-21/h4-7,12-13,20H,1,8-11,14H2,2-3H3. The molecule has 2 aliphatic heterocycles. The highest BCUT2D eigenvalue weighted by atomic mass is 32.2. The van der Waals surface area contributed by atoms with E-state index in [9.17, 15) is 27.6 Å². The van der Waals surface area contributed by atoms with Crippen molar-refractivity contribution < 1.29 is 46.8 Å². The fraction of sp³-hybridized carbons (Fsp3) is 0.346. The van der Waals surface area contributed by atoms with Crippen molar-refractivity contribution in [1.82, 2.24) is 9.80 Å². The third-order valence-electron chi connectivity index (χ3n) is 6.30. The van der Waals surface area contributed by atoms with Gasteiger partial charge in [0, 0.05) is 40.4 Å². The Balaban J connectivity index is 1.59. The highest BCUT2D eigenvalue weighted by Gasteiger charge is 2.40. The van der Waals surface area contributed by atoms with Gasteiger partial charge in [0.1, 0.15) is 6.04 Å². The van der Waals surface area contributed by atoms with Gasteiger partial charge in [0.15, 0.2) is 5.75 Å². The van der Waals surface area contributed by atoms with Crippen LogP contribution in [0.4, 0.5) is 18.0 Å². The summed E-state index contributed by atoms with van der Waals surface area (Å²) in [5.74, 6) is -1.01. The minimum absolute atomic E-state index is 0.0494. The van der Waals surface area contributed by atoms with Crippen LogP contribution >= 0.6 is 11.8 Å². The first-order valence-electron chi connectivity index (χ1n) is 11.8. The van der Waals surface area contributed by atoms with Gasteiger partial charge in [0.2, 0.25) is 0 Å². The van der Waals surface area contributed by atoms with E-state index in [4.69, 9.17) is 14.5 Å². The number of ether oxygens (including phenoxy) is 2. The van der Waals surface area contributed by atoms with Gasteiger partial charge < -0.3 is 24.2 Å². The third-order valence-corrected chi connectivity index (χ3v) is 7.37. The average Bonchev–Trinajstić information content (AvgIpc) is 2.94. The van der Waals surface area contributed by atoms with Crippen LogP contribution in [0.25, 0.3) is 5.57 Å². The molecule has 13 heteroatoms. The van der Waals surface area contributed by atoms with Gasteiger partial charge in [-0.15, -0.1) is 0 Å². The summed E-state index contributed by atoms with van der Waals surface area (Å²) in [6, 6.07) is 7.38. The molecule has 4 rings (SSSR count). The van der Waals surface area contributed by atoms with Crippen LogP contribution in [0.3, 0.4) is 0 Å². The number of esters is 1. The lowest BCUT2D eigenvalue weighted by Crippen LogP contribution is -2.59. The summed E-state index contributed by atoms with van der Waals surface area (Å²) in [7, 11) is 2.32. The molecule has 1 fully saturated rings. The first-order valence-corrected chi connectivity index (χ1v) is 12.6. The smallest absolute Gasteiger partial charge is 0.417 e. The number of alkyl halides is 3. The molecule has 2 heterocycles. The molecule has 9 nitrogen and oxygen atoms in total. The second kappa shape index (κ2) is 11.6. The lowest BCUT2D eigenvalue weighted by Gasteiger charge is -2.39. The topological polar surface area (TPSA) is 94.6 Å². The van der Waals surface area contributed by atoms with E-state index in [-0.39, 0.29) is 35.7 Å². The van der Waals surface area contributed by atoms with Gasteiger partial charge in [0.05, 0.1) is 32.9 Å². The molecule has 2 aromatic rings. The Bertz CT molecular complexity index is 1300. The number of methoxy groups -OCH3 is 2.